The molecule has 0 fully saturated rings. The number of methoxy groups -OCH3 is 1. The lowest BCUT2D eigenvalue weighted by Gasteiger charge is -2.06. The first-order valence-corrected chi connectivity index (χ1v) is 6.13. The minimum atomic E-state index is -0.650. The molecule has 100 valence electrons. The zero-order valence-electron chi connectivity index (χ0n) is 10.8. The van der Waals surface area contributed by atoms with Crippen molar-refractivity contribution in [2.45, 2.75) is 13.3 Å². The Labute approximate surface area is 117 Å². The van der Waals surface area contributed by atoms with Crippen molar-refractivity contribution in [3.63, 3.8) is 0 Å². The number of ether oxygens (including phenoxy) is 2. The normalized spacial score (nSPS) is 10.7. The predicted octanol–water partition coefficient (Wildman–Crippen LogP) is 3.21. The number of nitriles is 1. The van der Waals surface area contributed by atoms with Crippen LogP contribution in [0.2, 0.25) is 5.02 Å². The predicted molar refractivity (Wildman–Crippen MR) is 72.8 cm³/mol. The van der Waals surface area contributed by atoms with E-state index in [0.717, 1.165) is 0 Å². The summed E-state index contributed by atoms with van der Waals surface area (Å²) >= 11 is 6.09. The number of hydrogen-bond donors (Lipinski definition) is 0. The van der Waals surface area contributed by atoms with Crippen LogP contribution in [0, 0.1) is 11.3 Å². The van der Waals surface area contributed by atoms with Crippen LogP contribution in [0.15, 0.2) is 23.8 Å². The van der Waals surface area contributed by atoms with Crippen molar-refractivity contribution in [3.05, 3.63) is 34.4 Å². The minimum Gasteiger partial charge on any atom is -0.495 e. The lowest BCUT2D eigenvalue weighted by Crippen LogP contribution is -2.07. The molecule has 0 radical (unpaired) electrons. The average Bonchev–Trinajstić information content (AvgIpc) is 2.43. The molecule has 0 aliphatic rings. The van der Waals surface area contributed by atoms with E-state index in [4.69, 9.17) is 26.3 Å². The molecule has 5 heteroatoms. The van der Waals surface area contributed by atoms with Gasteiger partial charge in [-0.05, 0) is 24.1 Å². The molecule has 0 heterocycles. The third kappa shape index (κ3) is 4.01. The van der Waals surface area contributed by atoms with Gasteiger partial charge < -0.3 is 9.47 Å². The van der Waals surface area contributed by atoms with Gasteiger partial charge in [0.15, 0.2) is 0 Å². The van der Waals surface area contributed by atoms with Crippen molar-refractivity contribution in [1.82, 2.24) is 0 Å². The van der Waals surface area contributed by atoms with Gasteiger partial charge in [-0.15, -0.1) is 0 Å². The molecule has 4 nitrogen and oxygen atoms in total. The molecule has 1 aromatic carbocycles. The average molecular weight is 280 g/mol. The second-order valence-electron chi connectivity index (χ2n) is 3.67. The summed E-state index contributed by atoms with van der Waals surface area (Å²) in [4.78, 5) is 11.6. The van der Waals surface area contributed by atoms with E-state index in [1.165, 1.54) is 13.2 Å². The summed E-state index contributed by atoms with van der Waals surface area (Å²) in [7, 11) is 1.50. The summed E-state index contributed by atoms with van der Waals surface area (Å²) in [6.45, 7) is 2.16. The van der Waals surface area contributed by atoms with Crippen LogP contribution in [0.5, 0.6) is 5.75 Å². The van der Waals surface area contributed by atoms with Crippen molar-refractivity contribution in [1.29, 1.82) is 5.26 Å². The molecule has 0 saturated heterocycles. The maximum absolute atomic E-state index is 11.6. The van der Waals surface area contributed by atoms with Gasteiger partial charge in [0.25, 0.3) is 0 Å². The fraction of sp³-hybridized carbons (Fsp3) is 0.286. The number of benzene rings is 1. The largest absolute Gasteiger partial charge is 0.495 e. The second-order valence-corrected chi connectivity index (χ2v) is 4.05. The van der Waals surface area contributed by atoms with Crippen LogP contribution >= 0.6 is 11.6 Å². The molecule has 0 saturated carbocycles. The van der Waals surface area contributed by atoms with Crippen LogP contribution < -0.4 is 4.74 Å². The molecular formula is C14H14ClNO3. The summed E-state index contributed by atoms with van der Waals surface area (Å²) in [6.07, 6.45) is 2.09. The SMILES string of the molecule is CCCOC(=O)/C(C#N)=C/c1cccc(OC)c1Cl. The van der Waals surface area contributed by atoms with Gasteiger partial charge in [0.05, 0.1) is 18.7 Å². The fourth-order valence-corrected chi connectivity index (χ4v) is 1.62. The maximum Gasteiger partial charge on any atom is 0.348 e. The summed E-state index contributed by atoms with van der Waals surface area (Å²) in [5.41, 5.74) is 0.439. The molecule has 0 aromatic heterocycles. The van der Waals surface area contributed by atoms with Crippen molar-refractivity contribution in [3.8, 4) is 11.8 Å². The highest BCUT2D eigenvalue weighted by molar-refractivity contribution is 6.33. The van der Waals surface area contributed by atoms with Gasteiger partial charge in [-0.3, -0.25) is 0 Å². The van der Waals surface area contributed by atoms with Gasteiger partial charge in [-0.1, -0.05) is 30.7 Å². The first-order valence-electron chi connectivity index (χ1n) is 5.75. The highest BCUT2D eigenvalue weighted by Crippen LogP contribution is 2.29. The molecule has 19 heavy (non-hydrogen) atoms. The molecule has 0 spiro atoms. The van der Waals surface area contributed by atoms with Crippen molar-refractivity contribution in [2.24, 2.45) is 0 Å². The summed E-state index contributed by atoms with van der Waals surface area (Å²) in [5.74, 6) is -0.169. The molecule has 0 amide bonds. The number of carbonyl (C=O) groups excluding carboxylic acids is 1. The maximum atomic E-state index is 11.6. The number of hydrogen-bond acceptors (Lipinski definition) is 4. The minimum absolute atomic E-state index is 0.0939. The van der Waals surface area contributed by atoms with E-state index in [0.29, 0.717) is 22.8 Å². The third-order valence-corrected chi connectivity index (χ3v) is 2.70. The molecule has 0 aliphatic heterocycles. The molecule has 0 unspecified atom stereocenters. The highest BCUT2D eigenvalue weighted by Gasteiger charge is 2.12. The Morgan fingerprint density at radius 3 is 2.84 bits per heavy atom. The first-order chi connectivity index (χ1) is 9.13. The Morgan fingerprint density at radius 2 is 2.26 bits per heavy atom. The Kier molecular flexibility index (Phi) is 5.91. The second kappa shape index (κ2) is 7.45. The van der Waals surface area contributed by atoms with E-state index in [9.17, 15) is 4.79 Å². The van der Waals surface area contributed by atoms with Crippen LogP contribution in [0.4, 0.5) is 0 Å². The van der Waals surface area contributed by atoms with Gasteiger partial charge in [0.1, 0.15) is 17.4 Å². The van der Waals surface area contributed by atoms with Crippen molar-refractivity contribution >= 4 is 23.6 Å². The lowest BCUT2D eigenvalue weighted by atomic mass is 10.1. The molecule has 0 atom stereocenters. The third-order valence-electron chi connectivity index (χ3n) is 2.29. The monoisotopic (exact) mass is 279 g/mol. The zero-order valence-corrected chi connectivity index (χ0v) is 11.5. The fourth-order valence-electron chi connectivity index (χ4n) is 1.36. The summed E-state index contributed by atoms with van der Waals surface area (Å²) in [6, 6.07) is 6.92. The van der Waals surface area contributed by atoms with Crippen molar-refractivity contribution in [2.75, 3.05) is 13.7 Å². The van der Waals surface area contributed by atoms with Crippen LogP contribution in [0.25, 0.3) is 6.08 Å². The number of halogens is 1. The molecular weight excluding hydrogens is 266 g/mol. The van der Waals surface area contributed by atoms with E-state index >= 15 is 0 Å². The summed E-state index contributed by atoms with van der Waals surface area (Å²) < 4.78 is 9.97. The van der Waals surface area contributed by atoms with E-state index in [1.807, 2.05) is 13.0 Å². The van der Waals surface area contributed by atoms with Crippen LogP contribution in [-0.2, 0) is 9.53 Å². The first kappa shape index (κ1) is 15.1. The van der Waals surface area contributed by atoms with Gasteiger partial charge in [-0.25, -0.2) is 4.79 Å². The molecule has 0 N–H and O–H groups in total. The number of esters is 1. The van der Waals surface area contributed by atoms with Crippen LogP contribution in [0.3, 0.4) is 0 Å². The highest BCUT2D eigenvalue weighted by atomic mass is 35.5. The Morgan fingerprint density at radius 1 is 1.53 bits per heavy atom. The van der Waals surface area contributed by atoms with Gasteiger partial charge in [0.2, 0.25) is 0 Å². The van der Waals surface area contributed by atoms with E-state index in [2.05, 4.69) is 0 Å². The van der Waals surface area contributed by atoms with Gasteiger partial charge in [-0.2, -0.15) is 5.26 Å². The Balaban J connectivity index is 3.05. The van der Waals surface area contributed by atoms with Crippen LogP contribution in [0.1, 0.15) is 18.9 Å². The van der Waals surface area contributed by atoms with E-state index in [-0.39, 0.29) is 12.2 Å². The van der Waals surface area contributed by atoms with E-state index in [1.54, 1.807) is 18.2 Å². The lowest BCUT2D eigenvalue weighted by molar-refractivity contribution is -0.138. The van der Waals surface area contributed by atoms with E-state index < -0.39 is 5.97 Å². The number of carbonyl (C=O) groups is 1. The van der Waals surface area contributed by atoms with Crippen molar-refractivity contribution < 1.29 is 14.3 Å². The molecule has 1 aromatic rings. The molecule has 1 rings (SSSR count). The zero-order chi connectivity index (χ0) is 14.3. The molecule has 0 bridgehead atoms. The number of rotatable bonds is 5. The molecule has 0 aliphatic carbocycles. The quantitative estimate of drug-likeness (QED) is 0.472. The smallest absolute Gasteiger partial charge is 0.348 e. The van der Waals surface area contributed by atoms with Gasteiger partial charge in [0, 0.05) is 0 Å². The summed E-state index contributed by atoms with van der Waals surface area (Å²) in [5, 5.41) is 9.33. The van der Waals surface area contributed by atoms with Crippen LogP contribution in [-0.4, -0.2) is 19.7 Å². The Hall–Kier alpha value is -1.99. The Bertz CT molecular complexity index is 532. The standard InChI is InChI=1S/C14H14ClNO3/c1-3-7-19-14(17)11(9-16)8-10-5-4-6-12(18-2)13(10)15/h4-6,8H,3,7H2,1-2H3/b11-8+. The van der Waals surface area contributed by atoms with Gasteiger partial charge >= 0.3 is 5.97 Å². The number of nitrogens with zero attached hydrogens (tertiary/aromatic N) is 1. The topological polar surface area (TPSA) is 59.3 Å².